The molecule has 0 aromatic carbocycles. The van der Waals surface area contributed by atoms with Crippen LogP contribution in [-0.2, 0) is 0 Å². The normalized spacial score (nSPS) is 20.0. The Morgan fingerprint density at radius 1 is 1.03 bits per heavy atom. The van der Waals surface area contributed by atoms with Gasteiger partial charge in [0.15, 0.2) is 5.65 Å². The average molecular weight is 535 g/mol. The van der Waals surface area contributed by atoms with E-state index in [4.69, 9.17) is 11.6 Å². The van der Waals surface area contributed by atoms with E-state index in [9.17, 15) is 9.90 Å². The molecule has 198 valence electrons. The number of aromatic nitrogens is 6. The van der Waals surface area contributed by atoms with E-state index in [1.54, 1.807) is 35.5 Å². The van der Waals surface area contributed by atoms with Gasteiger partial charge in [0.25, 0.3) is 5.91 Å². The first-order valence-electron chi connectivity index (χ1n) is 13.1. The van der Waals surface area contributed by atoms with Gasteiger partial charge in [-0.05, 0) is 64.4 Å². The van der Waals surface area contributed by atoms with Crippen LogP contribution in [0.15, 0.2) is 43.2 Å². The first-order valence-corrected chi connectivity index (χ1v) is 13.5. The molecule has 4 heterocycles. The topological polar surface area (TPSA) is 122 Å². The van der Waals surface area contributed by atoms with Gasteiger partial charge in [0.2, 0.25) is 0 Å². The fraction of sp³-hybridized carbons (Fsp3) is 0.444. The molecule has 4 aromatic rings. The zero-order valence-electron chi connectivity index (χ0n) is 21.4. The molecule has 2 saturated carbocycles. The number of nitrogens with zero attached hydrogens (tertiary/aromatic N) is 6. The molecular formula is C27H31ClN8O2. The van der Waals surface area contributed by atoms with Crippen LogP contribution in [-0.4, -0.2) is 52.0 Å². The van der Waals surface area contributed by atoms with E-state index in [2.05, 4.69) is 30.8 Å². The van der Waals surface area contributed by atoms with Crippen LogP contribution in [0, 0.1) is 5.92 Å². The summed E-state index contributed by atoms with van der Waals surface area (Å²) in [5, 5.41) is 26.3. The molecule has 0 saturated heterocycles. The summed E-state index contributed by atoms with van der Waals surface area (Å²) in [6.45, 7) is 3.72. The summed E-state index contributed by atoms with van der Waals surface area (Å²) >= 11 is 6.07. The van der Waals surface area contributed by atoms with E-state index in [0.717, 1.165) is 49.8 Å². The lowest BCUT2D eigenvalue weighted by molar-refractivity contribution is -0.00257. The molecule has 4 aromatic heterocycles. The molecule has 1 amide bonds. The number of carbonyl (C=O) groups excluding carboxylic acids is 1. The van der Waals surface area contributed by atoms with Crippen LogP contribution in [0.2, 0.25) is 5.02 Å². The van der Waals surface area contributed by atoms with Crippen LogP contribution in [0.1, 0.15) is 68.8 Å². The number of fused-ring (bicyclic) bond motifs is 1. The Labute approximate surface area is 225 Å². The zero-order chi connectivity index (χ0) is 26.4. The molecular weight excluding hydrogens is 504 g/mol. The Kier molecular flexibility index (Phi) is 6.31. The number of aliphatic hydroxyl groups is 1. The van der Waals surface area contributed by atoms with Crippen LogP contribution in [0.5, 0.6) is 0 Å². The molecule has 10 nitrogen and oxygen atoms in total. The lowest BCUT2D eigenvalue weighted by Gasteiger charge is -2.36. The largest absolute Gasteiger partial charge is 0.390 e. The smallest absolute Gasteiger partial charge is 0.255 e. The van der Waals surface area contributed by atoms with Crippen molar-refractivity contribution >= 4 is 34.5 Å². The SMILES string of the molecule is CC(C)(O)C1CCC(NC(=O)c2cnc(-c3cnn4cc(Cl)cnc34)cc2Nc2cnn(C3CC3)c2)CC1. The van der Waals surface area contributed by atoms with Crippen molar-refractivity contribution in [3.8, 4) is 11.3 Å². The van der Waals surface area contributed by atoms with Gasteiger partial charge in [-0.15, -0.1) is 0 Å². The Morgan fingerprint density at radius 2 is 1.82 bits per heavy atom. The number of anilines is 2. The molecule has 0 unspecified atom stereocenters. The van der Waals surface area contributed by atoms with E-state index in [1.165, 1.54) is 0 Å². The lowest BCUT2D eigenvalue weighted by atomic mass is 9.77. The first kappa shape index (κ1) is 24.8. The quantitative estimate of drug-likeness (QED) is 0.312. The Hall–Kier alpha value is -3.50. The monoisotopic (exact) mass is 534 g/mol. The van der Waals surface area contributed by atoms with Gasteiger partial charge < -0.3 is 15.7 Å². The van der Waals surface area contributed by atoms with Gasteiger partial charge in [-0.1, -0.05) is 11.6 Å². The van der Waals surface area contributed by atoms with Gasteiger partial charge in [-0.3, -0.25) is 14.5 Å². The maximum Gasteiger partial charge on any atom is 0.255 e. The highest BCUT2D eigenvalue weighted by Crippen LogP contribution is 2.36. The molecule has 0 spiro atoms. The molecule has 3 N–H and O–H groups in total. The number of rotatable bonds is 7. The zero-order valence-corrected chi connectivity index (χ0v) is 22.2. The summed E-state index contributed by atoms with van der Waals surface area (Å²) in [7, 11) is 0. The van der Waals surface area contributed by atoms with Crippen molar-refractivity contribution in [1.29, 1.82) is 0 Å². The van der Waals surface area contributed by atoms with Gasteiger partial charge in [-0.25, -0.2) is 9.50 Å². The fourth-order valence-electron chi connectivity index (χ4n) is 5.22. The molecule has 0 aliphatic heterocycles. The number of hydrogen-bond acceptors (Lipinski definition) is 7. The molecule has 2 aliphatic carbocycles. The minimum atomic E-state index is -0.699. The predicted octanol–water partition coefficient (Wildman–Crippen LogP) is 4.78. The molecule has 11 heteroatoms. The fourth-order valence-corrected chi connectivity index (χ4v) is 5.37. The summed E-state index contributed by atoms with van der Waals surface area (Å²) in [5.74, 6) is 0.0591. The number of hydrogen-bond donors (Lipinski definition) is 3. The van der Waals surface area contributed by atoms with Gasteiger partial charge in [0, 0.05) is 24.6 Å². The molecule has 2 fully saturated rings. The summed E-state index contributed by atoms with van der Waals surface area (Å²) in [5.41, 5.74) is 3.17. The number of amides is 1. The maximum absolute atomic E-state index is 13.5. The van der Waals surface area contributed by atoms with Crippen LogP contribution in [0.3, 0.4) is 0 Å². The van der Waals surface area contributed by atoms with E-state index in [0.29, 0.717) is 33.7 Å². The average Bonchev–Trinajstić information content (AvgIpc) is 3.49. The Morgan fingerprint density at radius 3 is 2.55 bits per heavy atom. The highest BCUT2D eigenvalue weighted by atomic mass is 35.5. The highest BCUT2D eigenvalue weighted by molar-refractivity contribution is 6.30. The lowest BCUT2D eigenvalue weighted by Crippen LogP contribution is -2.41. The number of carbonyl (C=O) groups is 1. The van der Waals surface area contributed by atoms with Crippen LogP contribution in [0.25, 0.3) is 16.9 Å². The maximum atomic E-state index is 13.5. The Balaban J connectivity index is 1.28. The van der Waals surface area contributed by atoms with Crippen LogP contribution >= 0.6 is 11.6 Å². The highest BCUT2D eigenvalue weighted by Gasteiger charge is 2.32. The molecule has 38 heavy (non-hydrogen) atoms. The third kappa shape index (κ3) is 5.10. The van der Waals surface area contributed by atoms with Gasteiger partial charge in [-0.2, -0.15) is 10.2 Å². The van der Waals surface area contributed by atoms with Crippen molar-refractivity contribution < 1.29 is 9.90 Å². The molecule has 0 radical (unpaired) electrons. The standard InChI is InChI=1S/C27H31ClN8O2/c1-27(2,38)16-3-5-18(6-4-16)34-26(37)22-12-29-23(21-13-32-36-14-17(28)10-30-25(21)36)9-24(22)33-19-11-31-35(15-19)20-7-8-20/h9-16,18,20,38H,3-8H2,1-2H3,(H,29,33)(H,34,37). The number of nitrogens with one attached hydrogen (secondary N) is 2. The first-order chi connectivity index (χ1) is 18.2. The van der Waals surface area contributed by atoms with Crippen molar-refractivity contribution in [2.24, 2.45) is 5.92 Å². The summed E-state index contributed by atoms with van der Waals surface area (Å²) in [4.78, 5) is 22.5. The second kappa shape index (κ2) is 9.67. The third-order valence-corrected chi connectivity index (χ3v) is 7.81. The van der Waals surface area contributed by atoms with E-state index in [-0.39, 0.29) is 17.9 Å². The minimum absolute atomic E-state index is 0.0554. The molecule has 0 bridgehead atoms. The second-order valence-electron chi connectivity index (χ2n) is 11.0. The van der Waals surface area contributed by atoms with Crippen molar-refractivity contribution in [2.45, 2.75) is 70.1 Å². The van der Waals surface area contributed by atoms with Gasteiger partial charge in [0.05, 0.1) is 63.5 Å². The molecule has 2 aliphatic rings. The van der Waals surface area contributed by atoms with Crippen LogP contribution in [0.4, 0.5) is 11.4 Å². The summed E-state index contributed by atoms with van der Waals surface area (Å²) < 4.78 is 3.57. The molecule has 0 atom stereocenters. The molecule has 6 rings (SSSR count). The third-order valence-electron chi connectivity index (χ3n) is 7.61. The van der Waals surface area contributed by atoms with Crippen molar-refractivity contribution in [2.75, 3.05) is 5.32 Å². The van der Waals surface area contributed by atoms with Gasteiger partial charge >= 0.3 is 0 Å². The minimum Gasteiger partial charge on any atom is -0.390 e. The van der Waals surface area contributed by atoms with Crippen molar-refractivity contribution in [3.63, 3.8) is 0 Å². The van der Waals surface area contributed by atoms with E-state index in [1.807, 2.05) is 30.8 Å². The number of halogens is 1. The van der Waals surface area contributed by atoms with Gasteiger partial charge in [0.1, 0.15) is 0 Å². The number of pyridine rings is 1. The van der Waals surface area contributed by atoms with Crippen LogP contribution < -0.4 is 10.6 Å². The predicted molar refractivity (Wildman–Crippen MR) is 145 cm³/mol. The van der Waals surface area contributed by atoms with E-state index < -0.39 is 5.60 Å². The Bertz CT molecular complexity index is 1480. The summed E-state index contributed by atoms with van der Waals surface area (Å²) in [6.07, 6.45) is 16.0. The van der Waals surface area contributed by atoms with Crippen molar-refractivity contribution in [1.82, 2.24) is 34.7 Å². The second-order valence-corrected chi connectivity index (χ2v) is 11.4. The van der Waals surface area contributed by atoms with Crippen molar-refractivity contribution in [3.05, 3.63) is 53.8 Å². The van der Waals surface area contributed by atoms with E-state index >= 15 is 0 Å². The summed E-state index contributed by atoms with van der Waals surface area (Å²) in [6, 6.07) is 2.36.